The van der Waals surface area contributed by atoms with Gasteiger partial charge in [-0.2, -0.15) is 0 Å². The van der Waals surface area contributed by atoms with Crippen LogP contribution in [0.3, 0.4) is 0 Å². The molecule has 5 nitrogen and oxygen atoms in total. The van der Waals surface area contributed by atoms with Gasteiger partial charge in [-0.25, -0.2) is 0 Å². The number of hydrogen-bond acceptors (Lipinski definition) is 3. The highest BCUT2D eigenvalue weighted by Crippen LogP contribution is 2.30. The number of Topliss-reactive ketones (excluding diaryl/α,β-unsaturated/α-hetero) is 1. The zero-order chi connectivity index (χ0) is 16.8. The van der Waals surface area contributed by atoms with Crippen LogP contribution >= 0.6 is 0 Å². The number of carboxylic acid groups (broad SMARTS) is 2. The quantitative estimate of drug-likeness (QED) is 0.606. The second kappa shape index (κ2) is 7.35. The van der Waals surface area contributed by atoms with Crippen LogP contribution in [0.5, 0.6) is 0 Å². The predicted molar refractivity (Wildman–Crippen MR) is 83.3 cm³/mol. The lowest BCUT2D eigenvalue weighted by Gasteiger charge is -2.21. The highest BCUT2D eigenvalue weighted by molar-refractivity contribution is 5.99. The van der Waals surface area contributed by atoms with Crippen molar-refractivity contribution in [1.29, 1.82) is 0 Å². The number of rotatable bonds is 7. The maximum atomic E-state index is 12.4. The maximum Gasteiger partial charge on any atom is 0.318 e. The number of carboxylic acids is 2. The standard InChI is InChI=1S/C18H16O5/c19-15(13-9-5-2-6-10-13)11-14(12-7-3-1-4-8-12)16(17(20)21)18(22)23/h1-10,14,16H,11H2,(H,20,21)(H,22,23)/t14-/m1/s1. The normalized spacial score (nSPS) is 11.9. The molecule has 0 aliphatic rings. The summed E-state index contributed by atoms with van der Waals surface area (Å²) in [4.78, 5) is 35.2. The monoisotopic (exact) mass is 312 g/mol. The minimum Gasteiger partial charge on any atom is -0.481 e. The maximum absolute atomic E-state index is 12.4. The van der Waals surface area contributed by atoms with E-state index in [1.165, 1.54) is 0 Å². The van der Waals surface area contributed by atoms with Gasteiger partial charge in [0.1, 0.15) is 0 Å². The van der Waals surface area contributed by atoms with Crippen molar-refractivity contribution in [2.45, 2.75) is 12.3 Å². The summed E-state index contributed by atoms with van der Waals surface area (Å²) >= 11 is 0. The first-order chi connectivity index (χ1) is 11.0. The highest BCUT2D eigenvalue weighted by Gasteiger charge is 2.37. The molecule has 0 spiro atoms. The molecule has 0 amide bonds. The van der Waals surface area contributed by atoms with Crippen molar-refractivity contribution in [3.8, 4) is 0 Å². The molecule has 0 aromatic heterocycles. The van der Waals surface area contributed by atoms with Crippen LogP contribution in [0, 0.1) is 5.92 Å². The summed E-state index contributed by atoms with van der Waals surface area (Å²) in [6, 6.07) is 16.8. The summed E-state index contributed by atoms with van der Waals surface area (Å²) < 4.78 is 0. The van der Waals surface area contributed by atoms with Gasteiger partial charge in [-0.3, -0.25) is 14.4 Å². The van der Waals surface area contributed by atoms with Crippen LogP contribution in [0.25, 0.3) is 0 Å². The summed E-state index contributed by atoms with van der Waals surface area (Å²) in [5, 5.41) is 18.5. The lowest BCUT2D eigenvalue weighted by Crippen LogP contribution is -2.31. The second-order valence-corrected chi connectivity index (χ2v) is 5.16. The molecule has 0 bridgehead atoms. The Balaban J connectivity index is 2.36. The first kappa shape index (κ1) is 16.4. The molecule has 0 unspecified atom stereocenters. The van der Waals surface area contributed by atoms with E-state index in [2.05, 4.69) is 0 Å². The lowest BCUT2D eigenvalue weighted by atomic mass is 9.81. The van der Waals surface area contributed by atoms with E-state index in [9.17, 15) is 24.6 Å². The number of ketones is 1. The van der Waals surface area contributed by atoms with Crippen molar-refractivity contribution in [2.24, 2.45) is 5.92 Å². The molecule has 2 aromatic carbocycles. The van der Waals surface area contributed by atoms with E-state index in [1.54, 1.807) is 60.7 Å². The number of hydrogen-bond donors (Lipinski definition) is 2. The van der Waals surface area contributed by atoms with Crippen molar-refractivity contribution < 1.29 is 24.6 Å². The summed E-state index contributed by atoms with van der Waals surface area (Å²) in [6.45, 7) is 0. The third-order valence-corrected chi connectivity index (χ3v) is 3.66. The number of benzene rings is 2. The molecule has 5 heteroatoms. The minimum atomic E-state index is -1.68. The molecule has 2 aromatic rings. The van der Waals surface area contributed by atoms with Gasteiger partial charge in [0.05, 0.1) is 0 Å². The predicted octanol–water partition coefficient (Wildman–Crippen LogP) is 2.83. The molecule has 2 rings (SSSR count). The molecule has 0 radical (unpaired) electrons. The lowest BCUT2D eigenvalue weighted by molar-refractivity contribution is -0.155. The van der Waals surface area contributed by atoms with Crippen molar-refractivity contribution >= 4 is 17.7 Å². The molecule has 0 heterocycles. The molecule has 0 aliphatic heterocycles. The van der Waals surface area contributed by atoms with E-state index in [4.69, 9.17) is 0 Å². The van der Waals surface area contributed by atoms with Gasteiger partial charge in [-0.1, -0.05) is 60.7 Å². The topological polar surface area (TPSA) is 91.7 Å². The van der Waals surface area contributed by atoms with Crippen molar-refractivity contribution in [3.05, 3.63) is 71.8 Å². The fourth-order valence-corrected chi connectivity index (χ4v) is 2.52. The molecule has 23 heavy (non-hydrogen) atoms. The van der Waals surface area contributed by atoms with E-state index in [0.29, 0.717) is 11.1 Å². The molecule has 0 saturated heterocycles. The van der Waals surface area contributed by atoms with Gasteiger partial charge >= 0.3 is 11.9 Å². The molecular formula is C18H16O5. The Morgan fingerprint density at radius 2 is 1.26 bits per heavy atom. The molecule has 2 N–H and O–H groups in total. The van der Waals surface area contributed by atoms with Crippen molar-refractivity contribution in [1.82, 2.24) is 0 Å². The SMILES string of the molecule is O=C(C[C@H](c1ccccc1)C(C(=O)O)C(=O)O)c1ccccc1. The largest absolute Gasteiger partial charge is 0.481 e. The van der Waals surface area contributed by atoms with Crippen LogP contribution in [0.2, 0.25) is 0 Å². The molecule has 118 valence electrons. The minimum absolute atomic E-state index is 0.183. The number of aliphatic carboxylic acids is 2. The third kappa shape index (κ3) is 4.03. The first-order valence-electron chi connectivity index (χ1n) is 7.09. The van der Waals surface area contributed by atoms with E-state index in [1.807, 2.05) is 0 Å². The van der Waals surface area contributed by atoms with E-state index < -0.39 is 23.8 Å². The fraction of sp³-hybridized carbons (Fsp3) is 0.167. The Hall–Kier alpha value is -2.95. The van der Waals surface area contributed by atoms with Crippen LogP contribution in [-0.4, -0.2) is 27.9 Å². The van der Waals surface area contributed by atoms with E-state index in [-0.39, 0.29) is 12.2 Å². The Bertz CT molecular complexity index is 680. The zero-order valence-corrected chi connectivity index (χ0v) is 12.3. The van der Waals surface area contributed by atoms with Gasteiger partial charge in [0.2, 0.25) is 0 Å². The highest BCUT2D eigenvalue weighted by atomic mass is 16.4. The van der Waals surface area contributed by atoms with Gasteiger partial charge in [0, 0.05) is 17.9 Å². The Morgan fingerprint density at radius 1 is 0.783 bits per heavy atom. The second-order valence-electron chi connectivity index (χ2n) is 5.16. The summed E-state index contributed by atoms with van der Waals surface area (Å²) in [5.74, 6) is -5.80. The van der Waals surface area contributed by atoms with Gasteiger partial charge in [0.25, 0.3) is 0 Å². The summed E-state index contributed by atoms with van der Waals surface area (Å²) in [5.41, 5.74) is 0.953. The van der Waals surface area contributed by atoms with Crippen LogP contribution in [0.15, 0.2) is 60.7 Å². The van der Waals surface area contributed by atoms with Crippen LogP contribution in [0.4, 0.5) is 0 Å². The third-order valence-electron chi connectivity index (χ3n) is 3.66. The van der Waals surface area contributed by atoms with Crippen LogP contribution < -0.4 is 0 Å². The number of carbonyl (C=O) groups is 3. The Kier molecular flexibility index (Phi) is 5.25. The summed E-state index contributed by atoms with van der Waals surface area (Å²) in [7, 11) is 0. The fourth-order valence-electron chi connectivity index (χ4n) is 2.52. The first-order valence-corrected chi connectivity index (χ1v) is 7.09. The molecular weight excluding hydrogens is 296 g/mol. The average molecular weight is 312 g/mol. The molecule has 1 atom stereocenters. The average Bonchev–Trinajstić information content (AvgIpc) is 2.55. The zero-order valence-electron chi connectivity index (χ0n) is 12.3. The molecule has 0 aliphatic carbocycles. The summed E-state index contributed by atoms with van der Waals surface area (Å²) in [6.07, 6.45) is -0.183. The smallest absolute Gasteiger partial charge is 0.318 e. The van der Waals surface area contributed by atoms with Crippen molar-refractivity contribution in [3.63, 3.8) is 0 Å². The van der Waals surface area contributed by atoms with E-state index >= 15 is 0 Å². The van der Waals surface area contributed by atoms with Gasteiger partial charge in [-0.05, 0) is 5.56 Å². The molecule has 0 saturated carbocycles. The van der Waals surface area contributed by atoms with Gasteiger partial charge < -0.3 is 10.2 Å². The number of carbonyl (C=O) groups excluding carboxylic acids is 1. The van der Waals surface area contributed by atoms with Gasteiger partial charge in [0.15, 0.2) is 11.7 Å². The van der Waals surface area contributed by atoms with Gasteiger partial charge in [-0.15, -0.1) is 0 Å². The van der Waals surface area contributed by atoms with E-state index in [0.717, 1.165) is 0 Å². The molecule has 0 fully saturated rings. The van der Waals surface area contributed by atoms with Crippen LogP contribution in [-0.2, 0) is 9.59 Å². The van der Waals surface area contributed by atoms with Crippen molar-refractivity contribution in [2.75, 3.05) is 0 Å². The Morgan fingerprint density at radius 3 is 1.74 bits per heavy atom. The van der Waals surface area contributed by atoms with Crippen LogP contribution in [0.1, 0.15) is 28.3 Å². The Labute approximate surface area is 133 Å².